The van der Waals surface area contributed by atoms with Crippen LogP contribution >= 0.6 is 0 Å². The van der Waals surface area contributed by atoms with E-state index in [2.05, 4.69) is 15.2 Å². The van der Waals surface area contributed by atoms with Gasteiger partial charge >= 0.3 is 0 Å². The van der Waals surface area contributed by atoms with Crippen LogP contribution in [-0.2, 0) is 0 Å². The van der Waals surface area contributed by atoms with Gasteiger partial charge in [-0.25, -0.2) is 0 Å². The van der Waals surface area contributed by atoms with Gasteiger partial charge in [0.2, 0.25) is 0 Å². The Hall–Kier alpha value is -2.92. The van der Waals surface area contributed by atoms with Gasteiger partial charge in [-0.1, -0.05) is 48.5 Å². The van der Waals surface area contributed by atoms with Crippen LogP contribution in [-0.4, -0.2) is 36.4 Å². The first-order valence-corrected chi connectivity index (χ1v) is 8.18. The molecule has 1 heterocycles. The van der Waals surface area contributed by atoms with Crippen molar-refractivity contribution in [3.8, 4) is 0 Å². The Bertz CT molecular complexity index is 932. The molecule has 0 spiro atoms. The van der Waals surface area contributed by atoms with Crippen molar-refractivity contribution >= 4 is 16.7 Å². The summed E-state index contributed by atoms with van der Waals surface area (Å²) in [7, 11) is 3.95. The molecule has 2 aromatic carbocycles. The lowest BCUT2D eigenvalue weighted by Crippen LogP contribution is -2.35. The zero-order valence-corrected chi connectivity index (χ0v) is 14.3. The average Bonchev–Trinajstić information content (AvgIpc) is 2.62. The maximum Gasteiger partial charge on any atom is 0.267 e. The van der Waals surface area contributed by atoms with Crippen LogP contribution in [0.2, 0.25) is 0 Å². The molecule has 2 N–H and O–H groups in total. The number of nitrogens with one attached hydrogen (secondary N) is 2. The second kappa shape index (κ2) is 7.32. The Kier molecular flexibility index (Phi) is 4.95. The number of hydrogen-bond donors (Lipinski definition) is 2. The zero-order chi connectivity index (χ0) is 17.8. The number of amides is 1. The highest BCUT2D eigenvalue weighted by Crippen LogP contribution is 2.17. The Balaban J connectivity index is 1.79. The first-order valence-electron chi connectivity index (χ1n) is 8.18. The normalized spacial score (nSPS) is 12.3. The molecule has 0 saturated heterocycles. The summed E-state index contributed by atoms with van der Waals surface area (Å²) in [5.41, 5.74) is 1.14. The van der Waals surface area contributed by atoms with Crippen LogP contribution in [0.3, 0.4) is 0 Å². The number of pyridine rings is 1. The minimum absolute atomic E-state index is 0.0531. The number of likely N-dealkylation sites (N-methyl/N-ethyl adjacent to an activating group) is 1. The van der Waals surface area contributed by atoms with Crippen LogP contribution in [0.5, 0.6) is 0 Å². The molecule has 5 heteroatoms. The lowest BCUT2D eigenvalue weighted by molar-refractivity contribution is 0.0937. The van der Waals surface area contributed by atoms with Crippen molar-refractivity contribution in [2.24, 2.45) is 0 Å². The lowest BCUT2D eigenvalue weighted by Gasteiger charge is -2.25. The van der Waals surface area contributed by atoms with Crippen LogP contribution in [0.15, 0.2) is 65.5 Å². The minimum Gasteiger partial charge on any atom is -0.349 e. The summed E-state index contributed by atoms with van der Waals surface area (Å²) in [4.78, 5) is 29.3. The fraction of sp³-hybridized carbons (Fsp3) is 0.200. The molecular formula is C20H21N3O2. The molecule has 3 aromatic rings. The summed E-state index contributed by atoms with van der Waals surface area (Å²) in [5, 5.41) is 4.25. The highest BCUT2D eigenvalue weighted by Gasteiger charge is 2.16. The van der Waals surface area contributed by atoms with Crippen molar-refractivity contribution in [3.05, 3.63) is 82.3 Å². The monoisotopic (exact) mass is 335 g/mol. The van der Waals surface area contributed by atoms with Crippen LogP contribution in [0.1, 0.15) is 22.1 Å². The summed E-state index contributed by atoms with van der Waals surface area (Å²) in [6.07, 6.45) is 0. The maximum absolute atomic E-state index is 12.5. The van der Waals surface area contributed by atoms with E-state index in [-0.39, 0.29) is 23.2 Å². The Morgan fingerprint density at radius 2 is 1.76 bits per heavy atom. The van der Waals surface area contributed by atoms with E-state index < -0.39 is 0 Å². The van der Waals surface area contributed by atoms with Crippen LogP contribution in [0.25, 0.3) is 10.8 Å². The summed E-state index contributed by atoms with van der Waals surface area (Å²) in [6.45, 7) is 0.449. The maximum atomic E-state index is 12.5. The van der Waals surface area contributed by atoms with E-state index in [0.717, 1.165) is 10.9 Å². The molecule has 25 heavy (non-hydrogen) atoms. The molecule has 1 unspecified atom stereocenters. The van der Waals surface area contributed by atoms with E-state index in [4.69, 9.17) is 0 Å². The third-order valence-electron chi connectivity index (χ3n) is 4.26. The summed E-state index contributed by atoms with van der Waals surface area (Å²) >= 11 is 0. The van der Waals surface area contributed by atoms with Gasteiger partial charge in [-0.3, -0.25) is 9.59 Å². The number of aromatic nitrogens is 1. The van der Waals surface area contributed by atoms with Crippen LogP contribution < -0.4 is 10.9 Å². The number of fused-ring (bicyclic) bond motifs is 1. The number of rotatable bonds is 5. The molecule has 1 aromatic heterocycles. The largest absolute Gasteiger partial charge is 0.349 e. The van der Waals surface area contributed by atoms with E-state index in [1.807, 2.05) is 56.6 Å². The highest BCUT2D eigenvalue weighted by molar-refractivity contribution is 5.96. The predicted molar refractivity (Wildman–Crippen MR) is 99.8 cm³/mol. The number of carbonyl (C=O) groups excluding carboxylic acids is 1. The molecule has 0 aliphatic rings. The SMILES string of the molecule is CN(C)C(CNC(=O)c1cc2ccccc2c(=O)[nH]1)c1ccccc1. The van der Waals surface area contributed by atoms with E-state index in [0.29, 0.717) is 11.9 Å². The first-order chi connectivity index (χ1) is 12.1. The third kappa shape index (κ3) is 3.78. The fourth-order valence-electron chi connectivity index (χ4n) is 2.89. The van der Waals surface area contributed by atoms with Gasteiger partial charge in [-0.2, -0.15) is 0 Å². The summed E-state index contributed by atoms with van der Waals surface area (Å²) < 4.78 is 0. The van der Waals surface area contributed by atoms with Crippen LogP contribution in [0.4, 0.5) is 0 Å². The molecule has 0 fully saturated rings. The number of carbonyl (C=O) groups is 1. The van der Waals surface area contributed by atoms with Gasteiger partial charge in [0.1, 0.15) is 5.69 Å². The van der Waals surface area contributed by atoms with Crippen molar-refractivity contribution in [3.63, 3.8) is 0 Å². The zero-order valence-electron chi connectivity index (χ0n) is 14.3. The second-order valence-corrected chi connectivity index (χ2v) is 6.20. The van der Waals surface area contributed by atoms with E-state index in [9.17, 15) is 9.59 Å². The van der Waals surface area contributed by atoms with Gasteiger partial charge in [0.25, 0.3) is 11.5 Å². The summed E-state index contributed by atoms with van der Waals surface area (Å²) in [5.74, 6) is -0.286. The fourth-order valence-corrected chi connectivity index (χ4v) is 2.89. The van der Waals surface area contributed by atoms with Gasteiger partial charge in [-0.15, -0.1) is 0 Å². The molecule has 0 aliphatic carbocycles. The standard InChI is InChI=1S/C20H21N3O2/c1-23(2)18(14-8-4-3-5-9-14)13-21-20(25)17-12-15-10-6-7-11-16(15)19(24)22-17/h3-12,18H,13H2,1-2H3,(H,21,25)(H,22,24). The molecule has 0 radical (unpaired) electrons. The summed E-state index contributed by atoms with van der Waals surface area (Å²) in [6, 6.07) is 19.0. The third-order valence-corrected chi connectivity index (χ3v) is 4.26. The van der Waals surface area contributed by atoms with Gasteiger partial charge < -0.3 is 15.2 Å². The van der Waals surface area contributed by atoms with Crippen molar-refractivity contribution in [1.82, 2.24) is 15.2 Å². The quantitative estimate of drug-likeness (QED) is 0.753. The Morgan fingerprint density at radius 3 is 2.48 bits per heavy atom. The van der Waals surface area contributed by atoms with Gasteiger partial charge in [0.05, 0.1) is 6.04 Å². The molecule has 0 bridgehead atoms. The van der Waals surface area contributed by atoms with E-state index >= 15 is 0 Å². The molecule has 128 valence electrons. The number of nitrogens with zero attached hydrogens (tertiary/aromatic N) is 1. The number of aromatic amines is 1. The van der Waals surface area contributed by atoms with Crippen molar-refractivity contribution < 1.29 is 4.79 Å². The topological polar surface area (TPSA) is 65.2 Å². The number of H-pyrrole nitrogens is 1. The van der Waals surface area contributed by atoms with Crippen molar-refractivity contribution in [2.75, 3.05) is 20.6 Å². The van der Waals surface area contributed by atoms with E-state index in [1.165, 1.54) is 0 Å². The first kappa shape index (κ1) is 16.9. The lowest BCUT2D eigenvalue weighted by atomic mass is 10.1. The average molecular weight is 335 g/mol. The van der Waals surface area contributed by atoms with E-state index in [1.54, 1.807) is 18.2 Å². The molecule has 0 aliphatic heterocycles. The van der Waals surface area contributed by atoms with Crippen molar-refractivity contribution in [2.45, 2.75) is 6.04 Å². The van der Waals surface area contributed by atoms with Gasteiger partial charge in [0.15, 0.2) is 0 Å². The highest BCUT2D eigenvalue weighted by atomic mass is 16.2. The molecular weight excluding hydrogens is 314 g/mol. The smallest absolute Gasteiger partial charge is 0.267 e. The van der Waals surface area contributed by atoms with Crippen molar-refractivity contribution in [1.29, 1.82) is 0 Å². The Morgan fingerprint density at radius 1 is 1.08 bits per heavy atom. The minimum atomic E-state index is -0.286. The Labute approximate surface area is 146 Å². The molecule has 1 amide bonds. The van der Waals surface area contributed by atoms with Gasteiger partial charge in [0, 0.05) is 11.9 Å². The second-order valence-electron chi connectivity index (χ2n) is 6.20. The molecule has 5 nitrogen and oxygen atoms in total. The molecule has 1 atom stereocenters. The number of hydrogen-bond acceptors (Lipinski definition) is 3. The van der Waals surface area contributed by atoms with Gasteiger partial charge in [-0.05, 0) is 37.2 Å². The van der Waals surface area contributed by atoms with Crippen LogP contribution in [0, 0.1) is 0 Å². The predicted octanol–water partition coefficient (Wildman–Crippen LogP) is 2.56. The molecule has 3 rings (SSSR count). The molecule has 0 saturated carbocycles. The number of benzene rings is 2.